The molecule has 0 aromatic carbocycles. The molecule has 0 saturated carbocycles. The molecule has 0 radical (unpaired) electrons. The van der Waals surface area contributed by atoms with Gasteiger partial charge in [-0.2, -0.15) is 0 Å². The fourth-order valence-corrected chi connectivity index (χ4v) is 1.54. The highest BCUT2D eigenvalue weighted by molar-refractivity contribution is 5.76. The first-order chi connectivity index (χ1) is 7.63. The molecule has 0 bridgehead atoms. The van der Waals surface area contributed by atoms with Gasteiger partial charge in [0.1, 0.15) is 6.54 Å². The number of carbonyl (C=O) groups is 1. The Morgan fingerprint density at radius 1 is 1.50 bits per heavy atom. The monoisotopic (exact) mass is 223 g/mol. The smallest absolute Gasteiger partial charge is 0.240 e. The fourth-order valence-electron chi connectivity index (χ4n) is 1.54. The van der Waals surface area contributed by atoms with Crippen molar-refractivity contribution in [1.29, 1.82) is 0 Å². The summed E-state index contributed by atoms with van der Waals surface area (Å²) in [6.07, 6.45) is 1.94. The second-order valence-corrected chi connectivity index (χ2v) is 4.13. The van der Waals surface area contributed by atoms with Gasteiger partial charge in [0.05, 0.1) is 0 Å². The Morgan fingerprint density at radius 3 is 2.88 bits per heavy atom. The van der Waals surface area contributed by atoms with Gasteiger partial charge in [-0.15, -0.1) is 0 Å². The highest BCUT2D eigenvalue weighted by atomic mass is 16.2. The highest BCUT2D eigenvalue weighted by Crippen LogP contribution is 2.01. The van der Waals surface area contributed by atoms with Crippen molar-refractivity contribution < 1.29 is 4.79 Å². The zero-order valence-corrected chi connectivity index (χ0v) is 10.3. The number of rotatable bonds is 6. The molecular formula is C12H21N3O. The molecule has 90 valence electrons. The Kier molecular flexibility index (Phi) is 5.05. The van der Waals surface area contributed by atoms with Gasteiger partial charge in [-0.1, -0.05) is 6.92 Å². The first kappa shape index (κ1) is 12.8. The normalized spacial score (nSPS) is 10.8. The predicted octanol–water partition coefficient (Wildman–Crippen LogP) is 1.12. The van der Waals surface area contributed by atoms with Crippen LogP contribution in [0.15, 0.2) is 18.3 Å². The predicted molar refractivity (Wildman–Crippen MR) is 65.1 cm³/mol. The number of hydrogen-bond donors (Lipinski definition) is 2. The van der Waals surface area contributed by atoms with Crippen LogP contribution in [0.1, 0.15) is 26.5 Å². The van der Waals surface area contributed by atoms with Gasteiger partial charge in [-0.3, -0.25) is 4.79 Å². The van der Waals surface area contributed by atoms with Crippen LogP contribution in [0.5, 0.6) is 0 Å². The Bertz CT molecular complexity index is 331. The maximum Gasteiger partial charge on any atom is 0.240 e. The lowest BCUT2D eigenvalue weighted by Gasteiger charge is -2.11. The van der Waals surface area contributed by atoms with Crippen molar-refractivity contribution in [2.24, 2.45) is 0 Å². The van der Waals surface area contributed by atoms with Crippen molar-refractivity contribution in [1.82, 2.24) is 15.2 Å². The number of nitrogens with one attached hydrogen (secondary N) is 2. The minimum Gasteiger partial charge on any atom is -0.352 e. The summed E-state index contributed by atoms with van der Waals surface area (Å²) in [5.41, 5.74) is 1.14. The SMILES string of the molecule is CCNCc1cccn1CC(=O)NC(C)C. The van der Waals surface area contributed by atoms with E-state index < -0.39 is 0 Å². The van der Waals surface area contributed by atoms with Crippen molar-refractivity contribution in [3.05, 3.63) is 24.0 Å². The van der Waals surface area contributed by atoms with E-state index in [1.165, 1.54) is 0 Å². The van der Waals surface area contributed by atoms with E-state index in [0.29, 0.717) is 6.54 Å². The van der Waals surface area contributed by atoms with Crippen molar-refractivity contribution in [2.75, 3.05) is 6.54 Å². The molecule has 0 saturated heterocycles. The molecule has 16 heavy (non-hydrogen) atoms. The summed E-state index contributed by atoms with van der Waals surface area (Å²) in [6, 6.07) is 4.20. The molecule has 0 fully saturated rings. The standard InChI is InChI=1S/C12H21N3O/c1-4-13-8-11-6-5-7-15(11)9-12(16)14-10(2)3/h5-7,10,13H,4,8-9H2,1-3H3,(H,14,16). The van der Waals surface area contributed by atoms with Crippen LogP contribution in [0, 0.1) is 0 Å². The first-order valence-electron chi connectivity index (χ1n) is 5.77. The molecule has 0 unspecified atom stereocenters. The van der Waals surface area contributed by atoms with Crippen LogP contribution in [0.2, 0.25) is 0 Å². The number of carbonyl (C=O) groups excluding carboxylic acids is 1. The van der Waals surface area contributed by atoms with Gasteiger partial charge in [-0.05, 0) is 32.5 Å². The first-order valence-corrected chi connectivity index (χ1v) is 5.77. The average molecular weight is 223 g/mol. The molecule has 1 aromatic rings. The van der Waals surface area contributed by atoms with Crippen molar-refractivity contribution in [3.63, 3.8) is 0 Å². The molecule has 0 aliphatic rings. The Labute approximate surface area is 97.0 Å². The van der Waals surface area contributed by atoms with Crippen LogP contribution >= 0.6 is 0 Å². The summed E-state index contributed by atoms with van der Waals surface area (Å²) in [5.74, 6) is 0.0592. The van der Waals surface area contributed by atoms with Crippen molar-refractivity contribution >= 4 is 5.91 Å². The second kappa shape index (κ2) is 6.33. The summed E-state index contributed by atoms with van der Waals surface area (Å²) >= 11 is 0. The highest BCUT2D eigenvalue weighted by Gasteiger charge is 2.06. The molecule has 1 rings (SSSR count). The lowest BCUT2D eigenvalue weighted by molar-refractivity contribution is -0.122. The number of aromatic nitrogens is 1. The molecule has 0 aliphatic heterocycles. The quantitative estimate of drug-likeness (QED) is 0.759. The molecular weight excluding hydrogens is 202 g/mol. The summed E-state index contributed by atoms with van der Waals surface area (Å²) in [6.45, 7) is 8.13. The third-order valence-electron chi connectivity index (χ3n) is 2.24. The minimum absolute atomic E-state index is 0.0592. The molecule has 0 spiro atoms. The maximum atomic E-state index is 11.6. The second-order valence-electron chi connectivity index (χ2n) is 4.13. The van der Waals surface area contributed by atoms with Gasteiger partial charge in [0.25, 0.3) is 0 Å². The van der Waals surface area contributed by atoms with E-state index in [1.54, 1.807) is 0 Å². The van der Waals surface area contributed by atoms with Crippen molar-refractivity contribution in [3.8, 4) is 0 Å². The summed E-state index contributed by atoms with van der Waals surface area (Å²) in [4.78, 5) is 11.6. The van der Waals surface area contributed by atoms with E-state index in [4.69, 9.17) is 0 Å². The maximum absolute atomic E-state index is 11.6. The fraction of sp³-hybridized carbons (Fsp3) is 0.583. The van der Waals surface area contributed by atoms with Crippen LogP contribution in [-0.4, -0.2) is 23.1 Å². The van der Waals surface area contributed by atoms with E-state index in [0.717, 1.165) is 18.8 Å². The van der Waals surface area contributed by atoms with Crippen LogP contribution in [0.25, 0.3) is 0 Å². The summed E-state index contributed by atoms with van der Waals surface area (Å²) in [5, 5.41) is 6.14. The van der Waals surface area contributed by atoms with Crippen LogP contribution in [0.4, 0.5) is 0 Å². The lowest BCUT2D eigenvalue weighted by atomic mass is 10.3. The molecule has 4 nitrogen and oxygen atoms in total. The zero-order valence-electron chi connectivity index (χ0n) is 10.3. The number of amides is 1. The minimum atomic E-state index is 0.0592. The molecule has 2 N–H and O–H groups in total. The van der Waals surface area contributed by atoms with Gasteiger partial charge >= 0.3 is 0 Å². The molecule has 1 heterocycles. The number of nitrogens with zero attached hydrogens (tertiary/aromatic N) is 1. The third kappa shape index (κ3) is 4.06. The average Bonchev–Trinajstić information content (AvgIpc) is 2.61. The molecule has 1 aromatic heterocycles. The Balaban J connectivity index is 2.52. The van der Waals surface area contributed by atoms with Gasteiger partial charge < -0.3 is 15.2 Å². The summed E-state index contributed by atoms with van der Waals surface area (Å²) < 4.78 is 1.97. The van der Waals surface area contributed by atoms with E-state index in [-0.39, 0.29) is 11.9 Å². The Hall–Kier alpha value is -1.29. The zero-order chi connectivity index (χ0) is 12.0. The molecule has 0 aliphatic carbocycles. The molecule has 0 atom stereocenters. The van der Waals surface area contributed by atoms with Crippen LogP contribution in [-0.2, 0) is 17.9 Å². The van der Waals surface area contributed by atoms with Crippen molar-refractivity contribution in [2.45, 2.75) is 39.9 Å². The lowest BCUT2D eigenvalue weighted by Crippen LogP contribution is -2.33. The molecule has 1 amide bonds. The number of hydrogen-bond acceptors (Lipinski definition) is 2. The van der Waals surface area contributed by atoms with Crippen LogP contribution < -0.4 is 10.6 Å². The van der Waals surface area contributed by atoms with E-state index in [2.05, 4.69) is 17.6 Å². The van der Waals surface area contributed by atoms with Gasteiger partial charge in [0, 0.05) is 24.5 Å². The van der Waals surface area contributed by atoms with Gasteiger partial charge in [0.2, 0.25) is 5.91 Å². The molecule has 4 heteroatoms. The third-order valence-corrected chi connectivity index (χ3v) is 2.24. The topological polar surface area (TPSA) is 46.1 Å². The largest absolute Gasteiger partial charge is 0.352 e. The van der Waals surface area contributed by atoms with Gasteiger partial charge in [0.15, 0.2) is 0 Å². The summed E-state index contributed by atoms with van der Waals surface area (Å²) in [7, 11) is 0. The van der Waals surface area contributed by atoms with Gasteiger partial charge in [-0.25, -0.2) is 0 Å². The van der Waals surface area contributed by atoms with E-state index in [1.807, 2.05) is 36.7 Å². The van der Waals surface area contributed by atoms with Crippen LogP contribution in [0.3, 0.4) is 0 Å². The Morgan fingerprint density at radius 2 is 2.25 bits per heavy atom. The van der Waals surface area contributed by atoms with E-state index >= 15 is 0 Å². The van der Waals surface area contributed by atoms with E-state index in [9.17, 15) is 4.79 Å².